The van der Waals surface area contributed by atoms with E-state index in [0.717, 1.165) is 31.3 Å². The van der Waals surface area contributed by atoms with Crippen LogP contribution in [0.15, 0.2) is 34.9 Å². The molecule has 7 nitrogen and oxygen atoms in total. The van der Waals surface area contributed by atoms with E-state index in [-0.39, 0.29) is 6.61 Å². The van der Waals surface area contributed by atoms with E-state index in [0.29, 0.717) is 0 Å². The Hall–Kier alpha value is -0.520. The maximum Gasteiger partial charge on any atom is 0.272 e. The van der Waals surface area contributed by atoms with Crippen molar-refractivity contribution in [2.45, 2.75) is 53.4 Å². The van der Waals surface area contributed by atoms with Gasteiger partial charge in [0.05, 0.1) is 14.4 Å². The molecule has 0 aromatic rings. The second kappa shape index (κ2) is 11.2. The van der Waals surface area contributed by atoms with Crippen LogP contribution in [0, 0.1) is 0 Å². The van der Waals surface area contributed by atoms with Crippen LogP contribution >= 0.6 is 15.6 Å². The van der Waals surface area contributed by atoms with Gasteiger partial charge in [-0.25, -0.2) is 0 Å². The lowest BCUT2D eigenvalue weighted by Gasteiger charge is -2.34. The van der Waals surface area contributed by atoms with Gasteiger partial charge in [-0.05, 0) is 53.4 Å². The lowest BCUT2D eigenvalue weighted by atomic mass is 10.1. The normalized spacial score (nSPS) is 16.0. The van der Waals surface area contributed by atoms with Crippen molar-refractivity contribution in [2.24, 2.45) is 0 Å². The number of hydrogen-bond donors (Lipinski definition) is 0. The molecule has 0 fully saturated rings. The zero-order chi connectivity index (χ0) is 18.8. The van der Waals surface area contributed by atoms with E-state index >= 15 is 0 Å². The molecule has 0 saturated carbocycles. The fourth-order valence-electron chi connectivity index (χ4n) is 1.76. The van der Waals surface area contributed by atoms with E-state index < -0.39 is 15.6 Å². The lowest BCUT2D eigenvalue weighted by Crippen LogP contribution is -2.19. The molecule has 1 unspecified atom stereocenters. The van der Waals surface area contributed by atoms with Crippen molar-refractivity contribution in [1.82, 2.24) is 0 Å². The molecule has 0 bridgehead atoms. The Morgan fingerprint density at radius 1 is 0.875 bits per heavy atom. The minimum atomic E-state index is -5.63. The zero-order valence-electron chi connectivity index (χ0n) is 14.5. The molecule has 0 aromatic heterocycles. The van der Waals surface area contributed by atoms with Gasteiger partial charge in [0, 0.05) is 0 Å². The minimum Gasteiger partial charge on any atom is -0.790 e. The molecule has 0 saturated heterocycles. The standard InChI is InChI=1S/C15H28O7P2/c1-13(2)7-5-8-14(3)9-6-10-15(4)11-12-21-24(19,20)22-23(16,17)18/h7,9,11H,5-6,8,10,12H2,1-4H3,(H,19,20)(H2,16,17,18)/p-3. The van der Waals surface area contributed by atoms with Gasteiger partial charge < -0.3 is 23.8 Å². The first kappa shape index (κ1) is 23.5. The predicted molar refractivity (Wildman–Crippen MR) is 87.7 cm³/mol. The summed E-state index contributed by atoms with van der Waals surface area (Å²) in [6.07, 6.45) is 9.35. The molecule has 1 atom stereocenters. The molecule has 0 aliphatic heterocycles. The van der Waals surface area contributed by atoms with Gasteiger partial charge in [0.1, 0.15) is 0 Å². The van der Waals surface area contributed by atoms with Gasteiger partial charge >= 0.3 is 0 Å². The molecule has 0 aromatic carbocycles. The molecular weight excluding hydrogens is 354 g/mol. The molecule has 0 N–H and O–H groups in total. The maximum atomic E-state index is 11.0. The van der Waals surface area contributed by atoms with Crippen molar-refractivity contribution < 1.29 is 32.6 Å². The Morgan fingerprint density at radius 3 is 1.88 bits per heavy atom. The van der Waals surface area contributed by atoms with Crippen molar-refractivity contribution in [1.29, 1.82) is 0 Å². The Bertz CT molecular complexity index is 568. The maximum absolute atomic E-state index is 11.0. The summed E-state index contributed by atoms with van der Waals surface area (Å²) >= 11 is 0. The third kappa shape index (κ3) is 15.0. The Morgan fingerprint density at radius 2 is 1.38 bits per heavy atom. The van der Waals surface area contributed by atoms with E-state index in [1.165, 1.54) is 17.2 Å². The summed E-state index contributed by atoms with van der Waals surface area (Å²) in [4.78, 5) is 31.5. The molecule has 0 aliphatic rings. The van der Waals surface area contributed by atoms with Crippen LogP contribution < -0.4 is 14.7 Å². The molecule has 0 heterocycles. The average Bonchev–Trinajstić information content (AvgIpc) is 2.34. The molecule has 0 rings (SSSR count). The van der Waals surface area contributed by atoms with Crippen LogP contribution in [0.3, 0.4) is 0 Å². The van der Waals surface area contributed by atoms with E-state index in [9.17, 15) is 23.8 Å². The molecule has 0 aliphatic carbocycles. The fraction of sp³-hybridized carbons (Fsp3) is 0.600. The first-order valence-corrected chi connectivity index (χ1v) is 10.5. The number of phosphoric acid groups is 2. The highest BCUT2D eigenvalue weighted by atomic mass is 31.3. The SMILES string of the molecule is CC(C)=CCCC(C)=CCCC(C)=CCOP(=O)([O-])OP(=O)([O-])[O-]. The van der Waals surface area contributed by atoms with Gasteiger partial charge in [-0.3, -0.25) is 8.88 Å². The van der Waals surface area contributed by atoms with Crippen LogP contribution in [-0.4, -0.2) is 6.61 Å². The summed E-state index contributed by atoms with van der Waals surface area (Å²) in [7, 11) is -10.8. The molecular formula is C15H25O7P2-3. The average molecular weight is 379 g/mol. The van der Waals surface area contributed by atoms with E-state index in [1.807, 2.05) is 0 Å². The third-order valence-electron chi connectivity index (χ3n) is 2.99. The summed E-state index contributed by atoms with van der Waals surface area (Å²) in [6.45, 7) is 7.62. The van der Waals surface area contributed by atoms with Crippen LogP contribution in [0.25, 0.3) is 0 Å². The van der Waals surface area contributed by atoms with Gasteiger partial charge in [-0.2, -0.15) is 0 Å². The second-order valence-electron chi connectivity index (χ2n) is 5.73. The smallest absolute Gasteiger partial charge is 0.272 e. The van der Waals surface area contributed by atoms with E-state index in [1.54, 1.807) is 6.92 Å². The third-order valence-corrected chi connectivity index (χ3v) is 5.05. The summed E-state index contributed by atoms with van der Waals surface area (Å²) < 4.78 is 28.9. The molecule has 140 valence electrons. The number of hydrogen-bond acceptors (Lipinski definition) is 7. The number of rotatable bonds is 11. The van der Waals surface area contributed by atoms with Crippen molar-refractivity contribution in [3.8, 4) is 0 Å². The Labute approximate surface area is 143 Å². The molecule has 9 heteroatoms. The lowest BCUT2D eigenvalue weighted by molar-refractivity contribution is -0.339. The van der Waals surface area contributed by atoms with Crippen LogP contribution in [0.2, 0.25) is 0 Å². The quantitative estimate of drug-likeness (QED) is 0.399. The van der Waals surface area contributed by atoms with Crippen LogP contribution in [0.5, 0.6) is 0 Å². The van der Waals surface area contributed by atoms with Crippen molar-refractivity contribution >= 4 is 15.6 Å². The zero-order valence-corrected chi connectivity index (χ0v) is 16.3. The predicted octanol–water partition coefficient (Wildman–Crippen LogP) is 2.74. The van der Waals surface area contributed by atoms with Gasteiger partial charge in [-0.1, -0.05) is 34.9 Å². The largest absolute Gasteiger partial charge is 0.790 e. The van der Waals surface area contributed by atoms with Gasteiger partial charge in [0.15, 0.2) is 0 Å². The van der Waals surface area contributed by atoms with Crippen molar-refractivity contribution in [3.05, 3.63) is 34.9 Å². The van der Waals surface area contributed by atoms with Crippen LogP contribution in [0.4, 0.5) is 0 Å². The van der Waals surface area contributed by atoms with E-state index in [4.69, 9.17) is 0 Å². The van der Waals surface area contributed by atoms with Crippen molar-refractivity contribution in [3.63, 3.8) is 0 Å². The van der Waals surface area contributed by atoms with Gasteiger partial charge in [0.2, 0.25) is 0 Å². The van der Waals surface area contributed by atoms with Gasteiger partial charge in [-0.15, -0.1) is 0 Å². The van der Waals surface area contributed by atoms with E-state index in [2.05, 4.69) is 41.8 Å². The monoisotopic (exact) mass is 379 g/mol. The topological polar surface area (TPSA) is 122 Å². The Kier molecular flexibility index (Phi) is 10.9. The molecule has 0 amide bonds. The van der Waals surface area contributed by atoms with Gasteiger partial charge in [0.25, 0.3) is 7.82 Å². The van der Waals surface area contributed by atoms with Crippen LogP contribution in [0.1, 0.15) is 53.4 Å². The summed E-state index contributed by atoms with van der Waals surface area (Å²) in [5, 5.41) is 0. The Balaban J connectivity index is 4.18. The first-order chi connectivity index (χ1) is 10.9. The highest BCUT2D eigenvalue weighted by Crippen LogP contribution is 2.50. The summed E-state index contributed by atoms with van der Waals surface area (Å²) in [5.74, 6) is 0. The molecule has 0 spiro atoms. The molecule has 0 radical (unpaired) electrons. The number of phosphoric ester groups is 1. The summed E-state index contributed by atoms with van der Waals surface area (Å²) in [6, 6.07) is 0. The highest BCUT2D eigenvalue weighted by molar-refractivity contribution is 7.58. The van der Waals surface area contributed by atoms with Crippen LogP contribution in [-0.2, 0) is 18.0 Å². The minimum absolute atomic E-state index is 0.379. The second-order valence-corrected chi connectivity index (χ2v) is 8.43. The number of allylic oxidation sites excluding steroid dienone is 5. The molecule has 24 heavy (non-hydrogen) atoms. The first-order valence-electron chi connectivity index (χ1n) is 7.55. The highest BCUT2D eigenvalue weighted by Gasteiger charge is 2.10. The fourth-order valence-corrected chi connectivity index (χ4v) is 3.18. The van der Waals surface area contributed by atoms with Crippen molar-refractivity contribution in [2.75, 3.05) is 6.61 Å². The summed E-state index contributed by atoms with van der Waals surface area (Å²) in [5.41, 5.74) is 3.47.